The average molecular weight is 865 g/mol. The molecule has 8 atom stereocenters. The molecule has 6 aromatic carbocycles. The summed E-state index contributed by atoms with van der Waals surface area (Å²) in [6.45, 7) is 0. The second-order valence-electron chi connectivity index (χ2n) is 15.9. The van der Waals surface area contributed by atoms with Crippen LogP contribution in [0, 0.1) is 0 Å². The van der Waals surface area contributed by atoms with Gasteiger partial charge in [0.1, 0.15) is 70.1 Å². The zero-order valence-corrected chi connectivity index (χ0v) is 32.1. The van der Waals surface area contributed by atoms with Crippen LogP contribution in [0.5, 0.6) is 86.2 Å². The second-order valence-corrected chi connectivity index (χ2v) is 15.9. The fourth-order valence-electron chi connectivity index (χ4n) is 9.31. The molecule has 63 heavy (non-hydrogen) atoms. The number of benzene rings is 6. The number of aliphatic hydroxyl groups is 3. The lowest BCUT2D eigenvalue weighted by atomic mass is 9.72. The predicted molar refractivity (Wildman–Crippen MR) is 212 cm³/mol. The smallest absolute Gasteiger partial charge is 0.305 e. The molecule has 0 spiro atoms. The summed E-state index contributed by atoms with van der Waals surface area (Å²) in [4.78, 5) is 0. The topological polar surface area (TPSA) is 320 Å². The maximum Gasteiger partial charge on any atom is 0.305 e. The van der Waals surface area contributed by atoms with Crippen LogP contribution in [0.3, 0.4) is 0 Å². The number of phenols is 11. The maximum atomic E-state index is 12.7. The highest BCUT2D eigenvalue weighted by Gasteiger charge is 2.61. The molecule has 2 bridgehead atoms. The lowest BCUT2D eigenvalue weighted by Crippen LogP contribution is -2.57. The normalized spacial score (nSPS) is 25.2. The summed E-state index contributed by atoms with van der Waals surface area (Å²) in [5, 5.41) is 156. The molecular formula is C45H36O18. The first-order valence-electron chi connectivity index (χ1n) is 19.3. The van der Waals surface area contributed by atoms with Crippen molar-refractivity contribution < 1.29 is 90.4 Å². The number of phenolic OH excluding ortho intramolecular Hbond substituents is 11. The van der Waals surface area contributed by atoms with E-state index in [0.717, 1.165) is 48.5 Å². The summed E-state index contributed by atoms with van der Waals surface area (Å²) in [5.74, 6) is -12.7. The first-order chi connectivity index (χ1) is 30.0. The molecule has 0 aromatic heterocycles. The molecule has 18 nitrogen and oxygen atoms in total. The van der Waals surface area contributed by atoms with Gasteiger partial charge in [0.05, 0.1) is 17.9 Å². The molecule has 0 aliphatic carbocycles. The van der Waals surface area contributed by atoms with E-state index < -0.39 is 117 Å². The Morgan fingerprint density at radius 1 is 0.460 bits per heavy atom. The largest absolute Gasteiger partial charge is 0.508 e. The third-order valence-electron chi connectivity index (χ3n) is 12.2. The number of hydrogen-bond acceptors (Lipinski definition) is 18. The molecule has 324 valence electrons. The van der Waals surface area contributed by atoms with Crippen molar-refractivity contribution >= 4 is 0 Å². The van der Waals surface area contributed by atoms with Gasteiger partial charge in [0.15, 0.2) is 40.6 Å². The zero-order valence-electron chi connectivity index (χ0n) is 32.1. The number of aliphatic hydroxyl groups excluding tert-OH is 3. The minimum Gasteiger partial charge on any atom is -0.508 e. The Hall–Kier alpha value is -7.80. The van der Waals surface area contributed by atoms with Gasteiger partial charge in [-0.25, -0.2) is 0 Å². The quantitative estimate of drug-likeness (QED) is 0.110. The van der Waals surface area contributed by atoms with Crippen LogP contribution < -0.4 is 18.9 Å². The van der Waals surface area contributed by atoms with E-state index in [1.165, 1.54) is 30.3 Å². The van der Waals surface area contributed by atoms with Crippen LogP contribution in [0.1, 0.15) is 68.6 Å². The Balaban J connectivity index is 1.22. The minimum atomic E-state index is -2.36. The SMILES string of the molecule is Oc1cc(O)c2c(c1)O[C@H](c1ccc(O)c(O)c1)[C@H](O)C2c1c(O)cc2c(c1O)C1c3c(cc(O)c4c3OC(c3ccc(O)c(O)c3)C(O)C4)O[C@](c3ccc(O)c(O)c3)(O2)[C@@H]1O. The molecular weight excluding hydrogens is 828 g/mol. The predicted octanol–water partition coefficient (Wildman–Crippen LogP) is 4.24. The minimum absolute atomic E-state index is 0.0246. The van der Waals surface area contributed by atoms with Crippen molar-refractivity contribution in [3.63, 3.8) is 0 Å². The third kappa shape index (κ3) is 5.68. The van der Waals surface area contributed by atoms with Crippen LogP contribution in [0.4, 0.5) is 0 Å². The standard InChI is InChI=1S/C45H36O18/c46-18-10-27(54)33-30(11-18)60-42(16-2-5-21(48)25(52)8-16)40(58)37(33)34-28(55)14-31-35(39(34)57)38-36-32(63-45(62-31,44(38)59)17-3-6-22(49)26(53)9-17)13-23(50)19-12-29(56)41(61-43(19)36)15-1-4-20(47)24(51)7-15/h1-11,13-14,29,37-38,40-42,44,46-59H,12H2/t29?,37?,38?,40-,41?,42-,44-,45+/m1/s1. The number of hydrogen-bond donors (Lipinski definition) is 14. The highest BCUT2D eigenvalue weighted by molar-refractivity contribution is 5.72. The summed E-state index contributed by atoms with van der Waals surface area (Å²) in [5.41, 5.74) is -0.683. The second kappa shape index (κ2) is 13.6. The van der Waals surface area contributed by atoms with E-state index in [4.69, 9.17) is 18.9 Å². The molecule has 10 rings (SSSR count). The van der Waals surface area contributed by atoms with Crippen molar-refractivity contribution in [2.24, 2.45) is 0 Å². The van der Waals surface area contributed by atoms with E-state index >= 15 is 0 Å². The molecule has 4 aliphatic rings. The van der Waals surface area contributed by atoms with Crippen molar-refractivity contribution in [1.29, 1.82) is 0 Å². The lowest BCUT2D eigenvalue weighted by molar-refractivity contribution is -0.219. The molecule has 0 amide bonds. The lowest BCUT2D eigenvalue weighted by Gasteiger charge is -2.51. The van der Waals surface area contributed by atoms with Gasteiger partial charge >= 0.3 is 5.79 Å². The van der Waals surface area contributed by atoms with Gasteiger partial charge in [-0.05, 0) is 53.6 Å². The molecule has 18 heteroatoms. The van der Waals surface area contributed by atoms with Crippen LogP contribution in [-0.4, -0.2) is 89.8 Å². The maximum absolute atomic E-state index is 12.7. The Morgan fingerprint density at radius 3 is 1.67 bits per heavy atom. The Kier molecular flexibility index (Phi) is 8.49. The summed E-state index contributed by atoms with van der Waals surface area (Å²) in [7, 11) is 0. The van der Waals surface area contributed by atoms with Crippen molar-refractivity contribution in [3.05, 3.63) is 123 Å². The molecule has 0 radical (unpaired) electrons. The molecule has 0 saturated heterocycles. The first-order valence-corrected chi connectivity index (χ1v) is 19.3. The fraction of sp³-hybridized carbons (Fsp3) is 0.200. The molecule has 4 unspecified atom stereocenters. The van der Waals surface area contributed by atoms with E-state index in [1.807, 2.05) is 0 Å². The molecule has 4 aliphatic heterocycles. The highest BCUT2D eigenvalue weighted by Crippen LogP contribution is 2.65. The number of rotatable bonds is 4. The van der Waals surface area contributed by atoms with Crippen LogP contribution in [0.2, 0.25) is 0 Å². The van der Waals surface area contributed by atoms with Crippen molar-refractivity contribution in [1.82, 2.24) is 0 Å². The highest BCUT2D eigenvalue weighted by atomic mass is 16.7. The van der Waals surface area contributed by atoms with E-state index in [2.05, 4.69) is 0 Å². The van der Waals surface area contributed by atoms with Gasteiger partial charge in [-0.15, -0.1) is 0 Å². The van der Waals surface area contributed by atoms with E-state index in [9.17, 15) is 71.5 Å². The Labute approximate surface area is 354 Å². The van der Waals surface area contributed by atoms with Crippen LogP contribution in [0.25, 0.3) is 0 Å². The molecule has 14 N–H and O–H groups in total. The Bertz CT molecular complexity index is 2910. The number of ether oxygens (including phenoxy) is 4. The van der Waals surface area contributed by atoms with Crippen LogP contribution in [-0.2, 0) is 12.2 Å². The molecule has 0 saturated carbocycles. The van der Waals surface area contributed by atoms with Crippen LogP contribution >= 0.6 is 0 Å². The molecule has 4 heterocycles. The summed E-state index contributed by atoms with van der Waals surface area (Å²) < 4.78 is 25.3. The third-order valence-corrected chi connectivity index (χ3v) is 12.2. The van der Waals surface area contributed by atoms with Gasteiger partial charge in [-0.1, -0.05) is 12.1 Å². The van der Waals surface area contributed by atoms with Crippen molar-refractivity contribution in [2.45, 2.75) is 54.6 Å². The molecule has 6 aromatic rings. The van der Waals surface area contributed by atoms with Crippen LogP contribution in [0.15, 0.2) is 78.9 Å². The van der Waals surface area contributed by atoms with Crippen molar-refractivity contribution in [3.8, 4) is 86.2 Å². The number of fused-ring (bicyclic) bond motifs is 9. The summed E-state index contributed by atoms with van der Waals surface area (Å²) >= 11 is 0. The summed E-state index contributed by atoms with van der Waals surface area (Å²) in [6, 6.07) is 15.0. The van der Waals surface area contributed by atoms with Gasteiger partial charge in [-0.2, -0.15) is 0 Å². The monoisotopic (exact) mass is 864 g/mol. The summed E-state index contributed by atoms with van der Waals surface area (Å²) in [6.07, 6.45) is -8.07. The van der Waals surface area contributed by atoms with E-state index in [1.54, 1.807) is 0 Å². The average Bonchev–Trinajstić information content (AvgIpc) is 3.22. The first kappa shape index (κ1) is 39.3. The van der Waals surface area contributed by atoms with E-state index in [-0.39, 0.29) is 68.4 Å². The van der Waals surface area contributed by atoms with Gasteiger partial charge < -0.3 is 90.4 Å². The zero-order chi connectivity index (χ0) is 44.5. The van der Waals surface area contributed by atoms with Gasteiger partial charge in [0, 0.05) is 64.1 Å². The van der Waals surface area contributed by atoms with E-state index in [0.29, 0.717) is 0 Å². The van der Waals surface area contributed by atoms with Gasteiger partial charge in [-0.3, -0.25) is 0 Å². The Morgan fingerprint density at radius 2 is 1.03 bits per heavy atom. The van der Waals surface area contributed by atoms with Gasteiger partial charge in [0.2, 0.25) is 0 Å². The number of aromatic hydroxyl groups is 11. The van der Waals surface area contributed by atoms with Gasteiger partial charge in [0.25, 0.3) is 0 Å². The molecule has 0 fully saturated rings. The van der Waals surface area contributed by atoms with Crippen molar-refractivity contribution in [2.75, 3.05) is 0 Å². The fourth-order valence-corrected chi connectivity index (χ4v) is 9.31.